The monoisotopic (exact) mass is 366 g/mol. The van der Waals surface area contributed by atoms with E-state index < -0.39 is 0 Å². The zero-order valence-corrected chi connectivity index (χ0v) is 14.8. The summed E-state index contributed by atoms with van der Waals surface area (Å²) in [7, 11) is 1.58. The molecule has 0 spiro atoms. The Balaban J connectivity index is 1.74. The molecule has 0 bridgehead atoms. The highest BCUT2D eigenvalue weighted by Gasteiger charge is 2.25. The van der Waals surface area contributed by atoms with Crippen molar-refractivity contribution < 1.29 is 14.3 Å². The SMILES string of the molecule is COCCNC(=O)Cn1nc2c(c1NC(=O)c1cccs1)CSC2. The van der Waals surface area contributed by atoms with Crippen LogP contribution in [0.1, 0.15) is 20.9 Å². The average Bonchev–Trinajstić information content (AvgIpc) is 3.27. The maximum atomic E-state index is 12.4. The van der Waals surface area contributed by atoms with Crippen LogP contribution in [-0.4, -0.2) is 41.9 Å². The normalized spacial score (nSPS) is 12.9. The fraction of sp³-hybridized carbons (Fsp3) is 0.400. The number of carbonyl (C=O) groups is 2. The van der Waals surface area contributed by atoms with Gasteiger partial charge in [-0.3, -0.25) is 9.59 Å². The Morgan fingerprint density at radius 3 is 3.04 bits per heavy atom. The summed E-state index contributed by atoms with van der Waals surface area (Å²) in [6.07, 6.45) is 0. The Labute approximate surface area is 147 Å². The van der Waals surface area contributed by atoms with E-state index >= 15 is 0 Å². The number of amides is 2. The molecule has 0 radical (unpaired) electrons. The first-order chi connectivity index (χ1) is 11.7. The molecule has 2 aromatic heterocycles. The molecule has 24 heavy (non-hydrogen) atoms. The van der Waals surface area contributed by atoms with Gasteiger partial charge < -0.3 is 15.4 Å². The first-order valence-corrected chi connectivity index (χ1v) is 9.49. The van der Waals surface area contributed by atoms with Crippen molar-refractivity contribution in [1.82, 2.24) is 15.1 Å². The van der Waals surface area contributed by atoms with Gasteiger partial charge in [0.15, 0.2) is 0 Å². The minimum atomic E-state index is -0.175. The van der Waals surface area contributed by atoms with E-state index in [0.717, 1.165) is 22.8 Å². The molecule has 0 aromatic carbocycles. The number of hydrogen-bond donors (Lipinski definition) is 2. The highest BCUT2D eigenvalue weighted by Crippen LogP contribution is 2.35. The fourth-order valence-corrected chi connectivity index (χ4v) is 4.04. The summed E-state index contributed by atoms with van der Waals surface area (Å²) in [5.74, 6) is 1.88. The number of hydrogen-bond acceptors (Lipinski definition) is 6. The van der Waals surface area contributed by atoms with Crippen LogP contribution in [0.3, 0.4) is 0 Å². The second kappa shape index (κ2) is 7.82. The van der Waals surface area contributed by atoms with Crippen LogP contribution in [0.25, 0.3) is 0 Å². The lowest BCUT2D eigenvalue weighted by Crippen LogP contribution is -2.31. The first kappa shape index (κ1) is 17.0. The van der Waals surface area contributed by atoms with Crippen LogP contribution in [-0.2, 0) is 27.6 Å². The molecule has 0 unspecified atom stereocenters. The zero-order chi connectivity index (χ0) is 16.9. The molecule has 2 aromatic rings. The predicted octanol–water partition coefficient (Wildman–Crippen LogP) is 1.71. The number of nitrogens with zero attached hydrogens (tertiary/aromatic N) is 2. The second-order valence-corrected chi connectivity index (χ2v) is 7.13. The van der Waals surface area contributed by atoms with Gasteiger partial charge in [-0.2, -0.15) is 16.9 Å². The third-order valence-corrected chi connectivity index (χ3v) is 5.36. The van der Waals surface area contributed by atoms with Crippen molar-refractivity contribution in [2.24, 2.45) is 0 Å². The number of anilines is 1. The topological polar surface area (TPSA) is 85.2 Å². The maximum absolute atomic E-state index is 12.4. The van der Waals surface area contributed by atoms with Gasteiger partial charge in [-0.25, -0.2) is 4.68 Å². The van der Waals surface area contributed by atoms with E-state index in [-0.39, 0.29) is 18.4 Å². The summed E-state index contributed by atoms with van der Waals surface area (Å²) >= 11 is 3.13. The Morgan fingerprint density at radius 2 is 2.29 bits per heavy atom. The van der Waals surface area contributed by atoms with Crippen LogP contribution < -0.4 is 10.6 Å². The summed E-state index contributed by atoms with van der Waals surface area (Å²) in [6.45, 7) is 0.977. The van der Waals surface area contributed by atoms with Crippen molar-refractivity contribution in [3.8, 4) is 0 Å². The molecule has 0 atom stereocenters. The average molecular weight is 366 g/mol. The molecular weight excluding hydrogens is 348 g/mol. The van der Waals surface area contributed by atoms with Gasteiger partial charge in [0.2, 0.25) is 5.91 Å². The summed E-state index contributed by atoms with van der Waals surface area (Å²) in [4.78, 5) is 25.0. The van der Waals surface area contributed by atoms with Gasteiger partial charge >= 0.3 is 0 Å². The molecule has 2 amide bonds. The fourth-order valence-electron chi connectivity index (χ4n) is 2.38. The number of nitrogens with one attached hydrogen (secondary N) is 2. The molecule has 1 aliphatic heterocycles. The van der Waals surface area contributed by atoms with E-state index in [1.807, 2.05) is 11.4 Å². The van der Waals surface area contributed by atoms with Crippen LogP contribution >= 0.6 is 23.1 Å². The Hall–Kier alpha value is -1.84. The number of methoxy groups -OCH3 is 1. The van der Waals surface area contributed by atoms with Crippen LogP contribution in [0.15, 0.2) is 17.5 Å². The standard InChI is InChI=1S/C15H18N4O3S2/c1-22-5-4-16-13(20)7-19-14(10-8-23-9-11(10)18-19)17-15(21)12-3-2-6-24-12/h2-3,6H,4-5,7-9H2,1H3,(H,16,20)(H,17,21). The van der Waals surface area contributed by atoms with E-state index in [1.165, 1.54) is 11.3 Å². The first-order valence-electron chi connectivity index (χ1n) is 7.46. The lowest BCUT2D eigenvalue weighted by atomic mass is 10.2. The Bertz CT molecular complexity index is 727. The van der Waals surface area contributed by atoms with Crippen LogP contribution in [0.4, 0.5) is 5.82 Å². The summed E-state index contributed by atoms with van der Waals surface area (Å²) in [5.41, 5.74) is 1.95. The lowest BCUT2D eigenvalue weighted by molar-refractivity contribution is -0.122. The highest BCUT2D eigenvalue weighted by atomic mass is 32.2. The van der Waals surface area contributed by atoms with E-state index in [0.29, 0.717) is 23.8 Å². The lowest BCUT2D eigenvalue weighted by Gasteiger charge is -2.10. The van der Waals surface area contributed by atoms with E-state index in [2.05, 4.69) is 15.7 Å². The van der Waals surface area contributed by atoms with Crippen molar-refractivity contribution in [3.05, 3.63) is 33.6 Å². The number of rotatable bonds is 7. The molecule has 3 rings (SSSR count). The van der Waals surface area contributed by atoms with Crippen molar-refractivity contribution in [2.45, 2.75) is 18.1 Å². The largest absolute Gasteiger partial charge is 0.383 e. The van der Waals surface area contributed by atoms with Gasteiger partial charge in [-0.15, -0.1) is 11.3 Å². The third kappa shape index (κ3) is 3.80. The smallest absolute Gasteiger partial charge is 0.266 e. The van der Waals surface area contributed by atoms with E-state index in [1.54, 1.807) is 29.6 Å². The highest BCUT2D eigenvalue weighted by molar-refractivity contribution is 7.98. The van der Waals surface area contributed by atoms with Crippen molar-refractivity contribution in [2.75, 3.05) is 25.6 Å². The summed E-state index contributed by atoms with van der Waals surface area (Å²) < 4.78 is 6.50. The number of ether oxygens (including phenoxy) is 1. The minimum Gasteiger partial charge on any atom is -0.383 e. The van der Waals surface area contributed by atoms with Crippen molar-refractivity contribution >= 4 is 40.7 Å². The third-order valence-electron chi connectivity index (χ3n) is 3.52. The molecule has 2 N–H and O–H groups in total. The Morgan fingerprint density at radius 1 is 1.42 bits per heavy atom. The molecule has 7 nitrogen and oxygen atoms in total. The van der Waals surface area contributed by atoms with Gasteiger partial charge in [-0.05, 0) is 11.4 Å². The minimum absolute atomic E-state index is 0.0709. The number of fused-ring (bicyclic) bond motifs is 1. The molecule has 0 aliphatic carbocycles. The molecule has 128 valence electrons. The Kier molecular flexibility index (Phi) is 5.54. The van der Waals surface area contributed by atoms with Crippen LogP contribution in [0, 0.1) is 0 Å². The van der Waals surface area contributed by atoms with Gasteiger partial charge in [-0.1, -0.05) is 6.07 Å². The quantitative estimate of drug-likeness (QED) is 0.729. The second-order valence-electron chi connectivity index (χ2n) is 5.20. The van der Waals surface area contributed by atoms with Crippen molar-refractivity contribution in [1.29, 1.82) is 0 Å². The molecule has 3 heterocycles. The van der Waals surface area contributed by atoms with Gasteiger partial charge in [0.05, 0.1) is 17.2 Å². The molecule has 1 aliphatic rings. The van der Waals surface area contributed by atoms with Crippen LogP contribution in [0.2, 0.25) is 0 Å². The molecule has 0 saturated carbocycles. The van der Waals surface area contributed by atoms with E-state index in [4.69, 9.17) is 4.74 Å². The predicted molar refractivity (Wildman–Crippen MR) is 94.4 cm³/mol. The molecule has 9 heteroatoms. The van der Waals surface area contributed by atoms with Gasteiger partial charge in [0.25, 0.3) is 5.91 Å². The summed E-state index contributed by atoms with van der Waals surface area (Å²) in [5, 5.41) is 12.0. The summed E-state index contributed by atoms with van der Waals surface area (Å²) in [6, 6.07) is 3.60. The number of carbonyl (C=O) groups excluding carboxylic acids is 2. The molecule has 0 saturated heterocycles. The van der Waals surface area contributed by atoms with Crippen LogP contribution in [0.5, 0.6) is 0 Å². The maximum Gasteiger partial charge on any atom is 0.266 e. The molecular formula is C15H18N4O3S2. The molecule has 0 fully saturated rings. The zero-order valence-electron chi connectivity index (χ0n) is 13.2. The number of thioether (sulfide) groups is 1. The number of aromatic nitrogens is 2. The van der Waals surface area contributed by atoms with Gasteiger partial charge in [0, 0.05) is 30.7 Å². The number of thiophene rings is 1. The van der Waals surface area contributed by atoms with Crippen molar-refractivity contribution in [3.63, 3.8) is 0 Å². The van der Waals surface area contributed by atoms with E-state index in [9.17, 15) is 9.59 Å². The van der Waals surface area contributed by atoms with Gasteiger partial charge in [0.1, 0.15) is 12.4 Å².